The van der Waals surface area contributed by atoms with Crippen LogP contribution in [0.3, 0.4) is 0 Å². The molecule has 0 N–H and O–H groups in total. The third-order valence-corrected chi connectivity index (χ3v) is 10.7. The van der Waals surface area contributed by atoms with Crippen molar-refractivity contribution in [3.8, 4) is 56.4 Å². The summed E-state index contributed by atoms with van der Waals surface area (Å²) in [6.45, 7) is 0. The van der Waals surface area contributed by atoms with Gasteiger partial charge in [0.05, 0.1) is 0 Å². The molecule has 9 aromatic carbocycles. The molecule has 0 saturated heterocycles. The molecule has 0 radical (unpaired) electrons. The molecule has 11 rings (SSSR count). The number of hydrogen-bond acceptors (Lipinski definition) is 4. The van der Waals surface area contributed by atoms with Gasteiger partial charge in [0.15, 0.2) is 17.5 Å². The highest BCUT2D eigenvalue weighted by molar-refractivity contribution is 6.22. The first-order chi connectivity index (χ1) is 27.2. The Hall–Kier alpha value is -7.43. The summed E-state index contributed by atoms with van der Waals surface area (Å²) in [7, 11) is 0. The predicted octanol–water partition coefficient (Wildman–Crippen LogP) is 13.6. The van der Waals surface area contributed by atoms with Gasteiger partial charge in [-0.1, -0.05) is 170 Å². The summed E-state index contributed by atoms with van der Waals surface area (Å²) in [5.74, 6) is 1.84. The lowest BCUT2D eigenvalue weighted by molar-refractivity contribution is 0.669. The van der Waals surface area contributed by atoms with E-state index in [0.29, 0.717) is 17.5 Å². The highest BCUT2D eigenvalue weighted by Crippen LogP contribution is 2.40. The fourth-order valence-electron chi connectivity index (χ4n) is 8.07. The van der Waals surface area contributed by atoms with Crippen molar-refractivity contribution >= 4 is 54.3 Å². The lowest BCUT2D eigenvalue weighted by Gasteiger charge is -2.13. The number of nitrogens with zero attached hydrogens (tertiary/aromatic N) is 3. The number of fused-ring (bicyclic) bond motifs is 8. The Labute approximate surface area is 317 Å². The molecule has 0 bridgehead atoms. The molecule has 11 aromatic rings. The predicted molar refractivity (Wildman–Crippen MR) is 227 cm³/mol. The van der Waals surface area contributed by atoms with E-state index in [1.165, 1.54) is 38.1 Å². The van der Waals surface area contributed by atoms with Gasteiger partial charge in [0.25, 0.3) is 0 Å². The molecule has 0 fully saturated rings. The summed E-state index contributed by atoms with van der Waals surface area (Å²) >= 11 is 0. The number of hydrogen-bond donors (Lipinski definition) is 0. The summed E-state index contributed by atoms with van der Waals surface area (Å²) in [5.41, 5.74) is 9.02. The third-order valence-electron chi connectivity index (χ3n) is 10.7. The Morgan fingerprint density at radius 2 is 0.873 bits per heavy atom. The number of furan rings is 1. The fraction of sp³-hybridized carbons (Fsp3) is 0. The lowest BCUT2D eigenvalue weighted by atomic mass is 9.94. The summed E-state index contributed by atoms with van der Waals surface area (Å²) in [5, 5.41) is 9.14. The molecule has 256 valence electrons. The van der Waals surface area contributed by atoms with Crippen LogP contribution in [-0.4, -0.2) is 15.0 Å². The van der Waals surface area contributed by atoms with Crippen molar-refractivity contribution in [1.29, 1.82) is 0 Å². The summed E-state index contributed by atoms with van der Waals surface area (Å²) in [4.78, 5) is 15.6. The van der Waals surface area contributed by atoms with E-state index < -0.39 is 0 Å². The highest BCUT2D eigenvalue weighted by Gasteiger charge is 2.20. The number of benzene rings is 9. The zero-order valence-corrected chi connectivity index (χ0v) is 29.6. The van der Waals surface area contributed by atoms with Crippen LogP contribution in [0.1, 0.15) is 0 Å². The van der Waals surface area contributed by atoms with Crippen LogP contribution >= 0.6 is 0 Å². The second-order valence-electron chi connectivity index (χ2n) is 14.0. The molecule has 0 spiro atoms. The van der Waals surface area contributed by atoms with E-state index in [9.17, 15) is 0 Å². The van der Waals surface area contributed by atoms with Gasteiger partial charge < -0.3 is 4.42 Å². The molecule has 0 aliphatic rings. The zero-order valence-electron chi connectivity index (χ0n) is 29.6. The monoisotopic (exact) mass is 701 g/mol. The van der Waals surface area contributed by atoms with Crippen LogP contribution in [0, 0.1) is 0 Å². The van der Waals surface area contributed by atoms with Crippen molar-refractivity contribution in [3.05, 3.63) is 188 Å². The van der Waals surface area contributed by atoms with Gasteiger partial charge in [-0.15, -0.1) is 0 Å². The van der Waals surface area contributed by atoms with E-state index in [4.69, 9.17) is 19.4 Å². The number of aromatic nitrogens is 3. The average molecular weight is 702 g/mol. The quantitative estimate of drug-likeness (QED) is 0.168. The molecule has 4 heteroatoms. The lowest BCUT2D eigenvalue weighted by Crippen LogP contribution is -2.01. The first kappa shape index (κ1) is 31.1. The highest BCUT2D eigenvalue weighted by atomic mass is 16.3. The van der Waals surface area contributed by atoms with Crippen molar-refractivity contribution in [2.75, 3.05) is 0 Å². The van der Waals surface area contributed by atoms with Gasteiger partial charge in [-0.3, -0.25) is 0 Å². The maximum atomic E-state index is 6.47. The molecule has 55 heavy (non-hydrogen) atoms. The topological polar surface area (TPSA) is 51.8 Å². The Morgan fingerprint density at radius 1 is 0.291 bits per heavy atom. The van der Waals surface area contributed by atoms with Crippen LogP contribution in [0.4, 0.5) is 0 Å². The SMILES string of the molecule is c1ccc(-c2ccc(-c3ccc4oc5cccc(-c6nc(-c7ccccc7)nc(-c7cccc8c7ccc7ccc9ccccc9c78)n6)c5c4c3)cc2)cc1. The molecule has 0 aliphatic carbocycles. The van der Waals surface area contributed by atoms with Gasteiger partial charge in [0.1, 0.15) is 11.2 Å². The first-order valence-electron chi connectivity index (χ1n) is 18.5. The normalized spacial score (nSPS) is 11.6. The van der Waals surface area contributed by atoms with E-state index >= 15 is 0 Å². The van der Waals surface area contributed by atoms with Crippen molar-refractivity contribution < 1.29 is 4.42 Å². The Bertz CT molecular complexity index is 3240. The van der Waals surface area contributed by atoms with Gasteiger partial charge in [-0.2, -0.15) is 0 Å². The molecular formula is C51H31N3O. The summed E-state index contributed by atoms with van der Waals surface area (Å²) in [6, 6.07) is 65.8. The van der Waals surface area contributed by atoms with Crippen LogP contribution < -0.4 is 0 Å². The molecule has 0 aliphatic heterocycles. The second-order valence-corrected chi connectivity index (χ2v) is 14.0. The molecule has 4 nitrogen and oxygen atoms in total. The summed E-state index contributed by atoms with van der Waals surface area (Å²) in [6.07, 6.45) is 0. The third kappa shape index (κ3) is 5.26. The van der Waals surface area contributed by atoms with E-state index in [0.717, 1.165) is 55.1 Å². The second kappa shape index (κ2) is 12.6. The molecular weight excluding hydrogens is 671 g/mol. The minimum atomic E-state index is 0.595. The molecule has 0 amide bonds. The van der Waals surface area contributed by atoms with Crippen LogP contribution in [0.2, 0.25) is 0 Å². The van der Waals surface area contributed by atoms with Gasteiger partial charge in [0, 0.05) is 27.5 Å². The first-order valence-corrected chi connectivity index (χ1v) is 18.5. The van der Waals surface area contributed by atoms with E-state index in [1.54, 1.807) is 0 Å². The molecule has 0 atom stereocenters. The van der Waals surface area contributed by atoms with Crippen molar-refractivity contribution in [3.63, 3.8) is 0 Å². The van der Waals surface area contributed by atoms with Gasteiger partial charge in [-0.25, -0.2) is 15.0 Å². The molecule has 2 heterocycles. The van der Waals surface area contributed by atoms with Crippen molar-refractivity contribution in [2.24, 2.45) is 0 Å². The van der Waals surface area contributed by atoms with Gasteiger partial charge >= 0.3 is 0 Å². The standard InChI is InChI=1S/C51H31N3O/c1-3-11-32(12-4-1)33-21-23-34(24-22-33)38-28-30-45-44(31-38)48-43(19-10-20-46(48)55-45)51-53-49(37-14-5-2-6-15-37)52-50(54-51)42-18-9-17-41-40(42)29-27-36-26-25-35-13-7-8-16-39(35)47(36)41/h1-31H. The van der Waals surface area contributed by atoms with Crippen LogP contribution in [-0.2, 0) is 0 Å². The van der Waals surface area contributed by atoms with E-state index in [-0.39, 0.29) is 0 Å². The Kier molecular flexibility index (Phi) is 7.14. The minimum absolute atomic E-state index is 0.595. The maximum Gasteiger partial charge on any atom is 0.164 e. The van der Waals surface area contributed by atoms with Gasteiger partial charge in [-0.05, 0) is 72.8 Å². The van der Waals surface area contributed by atoms with Crippen LogP contribution in [0.25, 0.3) is 111 Å². The Morgan fingerprint density at radius 3 is 1.69 bits per heavy atom. The molecule has 0 saturated carbocycles. The van der Waals surface area contributed by atoms with Crippen LogP contribution in [0.5, 0.6) is 0 Å². The van der Waals surface area contributed by atoms with Crippen molar-refractivity contribution in [2.45, 2.75) is 0 Å². The summed E-state index contributed by atoms with van der Waals surface area (Å²) < 4.78 is 6.47. The minimum Gasteiger partial charge on any atom is -0.456 e. The zero-order chi connectivity index (χ0) is 36.3. The van der Waals surface area contributed by atoms with Crippen LogP contribution in [0.15, 0.2) is 192 Å². The maximum absolute atomic E-state index is 6.47. The number of rotatable bonds is 5. The smallest absolute Gasteiger partial charge is 0.164 e. The largest absolute Gasteiger partial charge is 0.456 e. The Balaban J connectivity index is 1.11. The fourth-order valence-corrected chi connectivity index (χ4v) is 8.07. The van der Waals surface area contributed by atoms with Gasteiger partial charge in [0.2, 0.25) is 0 Å². The van der Waals surface area contributed by atoms with E-state index in [1.807, 2.05) is 36.4 Å². The average Bonchev–Trinajstić information content (AvgIpc) is 3.65. The van der Waals surface area contributed by atoms with E-state index in [2.05, 4.69) is 152 Å². The molecule has 0 unspecified atom stereocenters. The molecule has 2 aromatic heterocycles. The van der Waals surface area contributed by atoms with Crippen molar-refractivity contribution in [1.82, 2.24) is 15.0 Å².